The molecule has 18 heavy (non-hydrogen) atoms. The van der Waals surface area contributed by atoms with Crippen LogP contribution < -0.4 is 0 Å². The van der Waals surface area contributed by atoms with E-state index >= 15 is 0 Å². The number of pyridine rings is 1. The summed E-state index contributed by atoms with van der Waals surface area (Å²) >= 11 is 0. The Morgan fingerprint density at radius 2 is 2.28 bits per heavy atom. The minimum Gasteiger partial charge on any atom is -0.323 e. The number of carbonyl (C=O) groups excluding carboxylic acids is 1. The van der Waals surface area contributed by atoms with Gasteiger partial charge in [-0.3, -0.25) is 4.79 Å². The molecule has 2 rings (SSSR count). The van der Waals surface area contributed by atoms with Gasteiger partial charge >= 0.3 is 0 Å². The summed E-state index contributed by atoms with van der Waals surface area (Å²) in [4.78, 5) is 15.7. The van der Waals surface area contributed by atoms with E-state index in [2.05, 4.69) is 18.5 Å². The molecule has 2 aromatic heterocycles. The highest BCUT2D eigenvalue weighted by atomic mass is 16.1. The van der Waals surface area contributed by atoms with Gasteiger partial charge in [0.05, 0.1) is 5.69 Å². The van der Waals surface area contributed by atoms with Crippen LogP contribution in [0.4, 0.5) is 0 Å². The molecule has 0 fully saturated rings. The molecule has 0 unspecified atom stereocenters. The standard InChI is InChI=1S/C15H18N2O/c1-3-5-6-9-17-14(11-18)10-12-7-8-13(4-2)16-15(12)17/h3,7-8,10-11H,1,4-6,9H2,2H3. The molecule has 0 spiro atoms. The third-order valence-electron chi connectivity index (χ3n) is 3.11. The normalized spacial score (nSPS) is 10.7. The predicted octanol–water partition coefficient (Wildman–Crippen LogP) is 3.38. The summed E-state index contributed by atoms with van der Waals surface area (Å²) in [5.41, 5.74) is 2.68. The van der Waals surface area contributed by atoms with Crippen molar-refractivity contribution in [3.8, 4) is 0 Å². The van der Waals surface area contributed by atoms with Crippen molar-refractivity contribution in [1.82, 2.24) is 9.55 Å². The first kappa shape index (κ1) is 12.6. The first-order valence-electron chi connectivity index (χ1n) is 6.35. The molecular formula is C15H18N2O. The Kier molecular flexibility index (Phi) is 3.92. The van der Waals surface area contributed by atoms with Gasteiger partial charge in [-0.15, -0.1) is 6.58 Å². The Morgan fingerprint density at radius 3 is 2.94 bits per heavy atom. The van der Waals surface area contributed by atoms with Crippen LogP contribution >= 0.6 is 0 Å². The highest BCUT2D eigenvalue weighted by molar-refractivity contribution is 5.86. The summed E-state index contributed by atoms with van der Waals surface area (Å²) in [6.07, 6.45) is 5.64. The summed E-state index contributed by atoms with van der Waals surface area (Å²) in [6, 6.07) is 5.96. The van der Waals surface area contributed by atoms with E-state index in [0.29, 0.717) is 5.69 Å². The van der Waals surface area contributed by atoms with Gasteiger partial charge in [0.25, 0.3) is 0 Å². The predicted molar refractivity (Wildman–Crippen MR) is 73.9 cm³/mol. The number of hydrogen-bond donors (Lipinski definition) is 0. The molecule has 0 amide bonds. The van der Waals surface area contributed by atoms with Crippen LogP contribution in [0.1, 0.15) is 35.9 Å². The van der Waals surface area contributed by atoms with Gasteiger partial charge in [0, 0.05) is 17.6 Å². The molecule has 0 aliphatic carbocycles. The van der Waals surface area contributed by atoms with Crippen LogP contribution in [0.3, 0.4) is 0 Å². The summed E-state index contributed by atoms with van der Waals surface area (Å²) in [5, 5.41) is 1.04. The zero-order valence-electron chi connectivity index (χ0n) is 10.7. The van der Waals surface area contributed by atoms with E-state index in [1.165, 1.54) is 0 Å². The molecule has 0 aliphatic heterocycles. The molecule has 0 radical (unpaired) electrons. The number of fused-ring (bicyclic) bond motifs is 1. The smallest absolute Gasteiger partial charge is 0.166 e. The van der Waals surface area contributed by atoms with Crippen LogP contribution in [-0.4, -0.2) is 15.8 Å². The molecule has 0 atom stereocenters. The van der Waals surface area contributed by atoms with E-state index in [1.54, 1.807) is 0 Å². The second-order valence-electron chi connectivity index (χ2n) is 4.34. The van der Waals surface area contributed by atoms with Crippen molar-refractivity contribution in [2.24, 2.45) is 0 Å². The Bertz CT molecular complexity index is 569. The first-order chi connectivity index (χ1) is 8.80. The fourth-order valence-electron chi connectivity index (χ4n) is 2.11. The zero-order chi connectivity index (χ0) is 13.0. The minimum absolute atomic E-state index is 0.704. The van der Waals surface area contributed by atoms with Crippen molar-refractivity contribution in [3.63, 3.8) is 0 Å². The molecule has 0 N–H and O–H groups in total. The Hall–Kier alpha value is -1.90. The van der Waals surface area contributed by atoms with Gasteiger partial charge in [0.15, 0.2) is 6.29 Å². The van der Waals surface area contributed by atoms with Crippen molar-refractivity contribution in [1.29, 1.82) is 0 Å². The summed E-state index contributed by atoms with van der Waals surface area (Å²) in [7, 11) is 0. The van der Waals surface area contributed by atoms with Crippen LogP contribution in [0.2, 0.25) is 0 Å². The molecule has 0 bridgehead atoms. The monoisotopic (exact) mass is 242 g/mol. The highest BCUT2D eigenvalue weighted by Crippen LogP contribution is 2.19. The van der Waals surface area contributed by atoms with Crippen LogP contribution in [0.25, 0.3) is 11.0 Å². The van der Waals surface area contributed by atoms with E-state index in [0.717, 1.165) is 48.8 Å². The van der Waals surface area contributed by atoms with Gasteiger partial charge < -0.3 is 4.57 Å². The van der Waals surface area contributed by atoms with Gasteiger partial charge in [-0.1, -0.05) is 13.0 Å². The number of rotatable bonds is 6. The van der Waals surface area contributed by atoms with Gasteiger partial charge in [0.2, 0.25) is 0 Å². The maximum atomic E-state index is 11.1. The maximum Gasteiger partial charge on any atom is 0.166 e. The Morgan fingerprint density at radius 1 is 1.44 bits per heavy atom. The van der Waals surface area contributed by atoms with E-state index in [9.17, 15) is 4.79 Å². The van der Waals surface area contributed by atoms with Crippen molar-refractivity contribution < 1.29 is 4.79 Å². The Labute approximate surface area is 107 Å². The quantitative estimate of drug-likeness (QED) is 0.442. The molecule has 3 heteroatoms. The van der Waals surface area contributed by atoms with Crippen LogP contribution in [0.5, 0.6) is 0 Å². The summed E-state index contributed by atoms with van der Waals surface area (Å²) in [6.45, 7) is 6.61. The summed E-state index contributed by atoms with van der Waals surface area (Å²) in [5.74, 6) is 0. The number of aromatic nitrogens is 2. The maximum absolute atomic E-state index is 11.1. The minimum atomic E-state index is 0.704. The number of allylic oxidation sites excluding steroid dienone is 1. The molecule has 94 valence electrons. The largest absolute Gasteiger partial charge is 0.323 e. The number of unbranched alkanes of at least 4 members (excludes halogenated alkanes) is 1. The fourth-order valence-corrected chi connectivity index (χ4v) is 2.11. The van der Waals surface area contributed by atoms with Crippen molar-refractivity contribution in [2.75, 3.05) is 0 Å². The topological polar surface area (TPSA) is 34.9 Å². The second-order valence-corrected chi connectivity index (χ2v) is 4.34. The lowest BCUT2D eigenvalue weighted by atomic mass is 10.2. The van der Waals surface area contributed by atoms with Crippen molar-refractivity contribution in [2.45, 2.75) is 32.7 Å². The van der Waals surface area contributed by atoms with E-state index in [-0.39, 0.29) is 0 Å². The molecule has 2 aromatic rings. The first-order valence-corrected chi connectivity index (χ1v) is 6.35. The average molecular weight is 242 g/mol. The molecule has 0 saturated heterocycles. The zero-order valence-corrected chi connectivity index (χ0v) is 10.7. The lowest BCUT2D eigenvalue weighted by Crippen LogP contribution is -2.03. The van der Waals surface area contributed by atoms with Gasteiger partial charge in [-0.2, -0.15) is 0 Å². The number of nitrogens with zero attached hydrogens (tertiary/aromatic N) is 2. The van der Waals surface area contributed by atoms with E-state index in [1.807, 2.05) is 28.8 Å². The van der Waals surface area contributed by atoms with Crippen LogP contribution in [0.15, 0.2) is 30.9 Å². The highest BCUT2D eigenvalue weighted by Gasteiger charge is 2.09. The third-order valence-corrected chi connectivity index (χ3v) is 3.11. The summed E-state index contributed by atoms with van der Waals surface area (Å²) < 4.78 is 2.00. The molecule has 3 nitrogen and oxygen atoms in total. The number of carbonyl (C=O) groups is 1. The Balaban J connectivity index is 2.44. The van der Waals surface area contributed by atoms with E-state index < -0.39 is 0 Å². The number of hydrogen-bond acceptors (Lipinski definition) is 2. The lowest BCUT2D eigenvalue weighted by molar-refractivity contribution is 0.111. The molecule has 0 aliphatic rings. The molecular weight excluding hydrogens is 224 g/mol. The molecule has 0 saturated carbocycles. The second kappa shape index (κ2) is 5.63. The van der Waals surface area contributed by atoms with E-state index in [4.69, 9.17) is 0 Å². The van der Waals surface area contributed by atoms with Gasteiger partial charge in [-0.25, -0.2) is 4.98 Å². The van der Waals surface area contributed by atoms with Gasteiger partial charge in [-0.05, 0) is 37.5 Å². The van der Waals surface area contributed by atoms with Crippen LogP contribution in [-0.2, 0) is 13.0 Å². The number of aryl methyl sites for hydroxylation is 2. The molecule has 2 heterocycles. The molecule has 0 aromatic carbocycles. The fraction of sp³-hybridized carbons (Fsp3) is 0.333. The van der Waals surface area contributed by atoms with Crippen molar-refractivity contribution in [3.05, 3.63) is 42.2 Å². The third kappa shape index (κ3) is 2.35. The SMILES string of the molecule is C=CCCCn1c(C=O)cc2ccc(CC)nc21. The van der Waals surface area contributed by atoms with Crippen LogP contribution in [0, 0.1) is 0 Å². The number of aldehydes is 1. The van der Waals surface area contributed by atoms with Gasteiger partial charge in [0.1, 0.15) is 5.65 Å². The average Bonchev–Trinajstić information content (AvgIpc) is 2.76. The van der Waals surface area contributed by atoms with Crippen molar-refractivity contribution >= 4 is 17.3 Å². The lowest BCUT2D eigenvalue weighted by Gasteiger charge is -2.06.